The van der Waals surface area contributed by atoms with Crippen molar-refractivity contribution < 1.29 is 14.4 Å². The molecule has 2 saturated heterocycles. The van der Waals surface area contributed by atoms with Crippen molar-refractivity contribution in [3.63, 3.8) is 0 Å². The molecule has 3 fully saturated rings. The fraction of sp³-hybridized carbons (Fsp3) is 0.619. The zero-order valence-electron chi connectivity index (χ0n) is 15.4. The lowest BCUT2D eigenvalue weighted by molar-refractivity contribution is -0.204. The van der Waals surface area contributed by atoms with Crippen molar-refractivity contribution in [1.29, 1.82) is 0 Å². The molecule has 2 aliphatic heterocycles. The van der Waals surface area contributed by atoms with E-state index in [1.807, 2.05) is 35.2 Å². The van der Waals surface area contributed by atoms with Gasteiger partial charge in [0, 0.05) is 31.0 Å². The van der Waals surface area contributed by atoms with Crippen molar-refractivity contribution in [2.24, 2.45) is 11.3 Å². The molecule has 0 radical (unpaired) electrons. The van der Waals surface area contributed by atoms with Crippen molar-refractivity contribution in [3.05, 3.63) is 35.9 Å². The average Bonchev–Trinajstić information content (AvgIpc) is 3.30. The molecule has 3 aliphatic rings. The third-order valence-electron chi connectivity index (χ3n) is 6.39. The van der Waals surface area contributed by atoms with Gasteiger partial charge in [0.25, 0.3) is 0 Å². The first-order valence-corrected chi connectivity index (χ1v) is 9.94. The van der Waals surface area contributed by atoms with E-state index in [2.05, 4.69) is 0 Å². The van der Waals surface area contributed by atoms with Crippen LogP contribution in [0.5, 0.6) is 0 Å². The predicted molar refractivity (Wildman–Crippen MR) is 98.0 cm³/mol. The fourth-order valence-corrected chi connectivity index (χ4v) is 4.95. The Labute approximate surface area is 155 Å². The maximum absolute atomic E-state index is 13.0. The molecular formula is C21H28N2O3. The Hall–Kier alpha value is -1.88. The van der Waals surface area contributed by atoms with E-state index < -0.39 is 0 Å². The molecule has 2 amide bonds. The number of nitrogens with zero attached hydrogens (tertiary/aromatic N) is 2. The summed E-state index contributed by atoms with van der Waals surface area (Å²) in [4.78, 5) is 33.4. The second kappa shape index (κ2) is 7.39. The summed E-state index contributed by atoms with van der Waals surface area (Å²) in [5, 5.41) is 1.61. The Bertz CT molecular complexity index is 656. The fourth-order valence-electron chi connectivity index (χ4n) is 4.95. The first-order valence-electron chi connectivity index (χ1n) is 9.94. The molecule has 5 nitrogen and oxygen atoms in total. The monoisotopic (exact) mass is 356 g/mol. The van der Waals surface area contributed by atoms with Gasteiger partial charge >= 0.3 is 0 Å². The first-order chi connectivity index (χ1) is 12.7. The van der Waals surface area contributed by atoms with Crippen molar-refractivity contribution in [2.75, 3.05) is 26.2 Å². The summed E-state index contributed by atoms with van der Waals surface area (Å²) in [5.41, 5.74) is 1.02. The third-order valence-corrected chi connectivity index (χ3v) is 6.39. The molecule has 1 aromatic rings. The van der Waals surface area contributed by atoms with E-state index in [4.69, 9.17) is 4.84 Å². The van der Waals surface area contributed by atoms with Crippen LogP contribution in [0.25, 0.3) is 0 Å². The van der Waals surface area contributed by atoms with Crippen LogP contribution in [0.3, 0.4) is 0 Å². The molecule has 2 heterocycles. The van der Waals surface area contributed by atoms with E-state index in [9.17, 15) is 9.59 Å². The quantitative estimate of drug-likeness (QED) is 0.837. The molecule has 140 valence electrons. The van der Waals surface area contributed by atoms with Gasteiger partial charge in [0.05, 0.1) is 13.0 Å². The van der Waals surface area contributed by atoms with E-state index in [-0.39, 0.29) is 23.1 Å². The Morgan fingerprint density at radius 3 is 2.69 bits per heavy atom. The van der Waals surface area contributed by atoms with Crippen molar-refractivity contribution in [2.45, 2.75) is 44.9 Å². The van der Waals surface area contributed by atoms with Gasteiger partial charge in [-0.1, -0.05) is 36.8 Å². The lowest BCUT2D eigenvalue weighted by Crippen LogP contribution is -2.45. The molecule has 1 spiro atoms. The van der Waals surface area contributed by atoms with E-state index in [1.165, 1.54) is 0 Å². The normalized spacial score (nSPS) is 28.7. The minimum Gasteiger partial charge on any atom is -0.342 e. The van der Waals surface area contributed by atoms with Gasteiger partial charge in [-0.3, -0.25) is 14.4 Å². The predicted octanol–water partition coefficient (Wildman–Crippen LogP) is 2.80. The third kappa shape index (κ3) is 3.37. The Balaban J connectivity index is 1.42. The van der Waals surface area contributed by atoms with E-state index in [0.717, 1.165) is 57.2 Å². The topological polar surface area (TPSA) is 49.9 Å². The number of carbonyl (C=O) groups excluding carboxylic acids is 2. The van der Waals surface area contributed by atoms with Crippen molar-refractivity contribution in [3.8, 4) is 0 Å². The number of amides is 2. The van der Waals surface area contributed by atoms with Gasteiger partial charge in [-0.25, -0.2) is 5.06 Å². The van der Waals surface area contributed by atoms with Gasteiger partial charge in [0.1, 0.15) is 0 Å². The van der Waals surface area contributed by atoms with Crippen LogP contribution in [0.1, 0.15) is 44.1 Å². The highest BCUT2D eigenvalue weighted by Crippen LogP contribution is 2.50. The van der Waals surface area contributed by atoms with Crippen molar-refractivity contribution >= 4 is 11.8 Å². The molecule has 4 rings (SSSR count). The van der Waals surface area contributed by atoms with Crippen molar-refractivity contribution in [1.82, 2.24) is 9.96 Å². The number of hydroxylamine groups is 2. The van der Waals surface area contributed by atoms with Crippen LogP contribution in [0, 0.1) is 11.3 Å². The smallest absolute Gasteiger partial charge is 0.249 e. The number of likely N-dealkylation sites (tertiary alicyclic amines) is 1. The summed E-state index contributed by atoms with van der Waals surface area (Å²) < 4.78 is 0. The van der Waals surface area contributed by atoms with Crippen LogP contribution < -0.4 is 0 Å². The number of carbonyl (C=O) groups is 2. The highest BCUT2D eigenvalue weighted by molar-refractivity contribution is 5.81. The highest BCUT2D eigenvalue weighted by atomic mass is 16.7. The molecule has 1 aromatic carbocycles. The van der Waals surface area contributed by atoms with Gasteiger partial charge in [-0.2, -0.15) is 0 Å². The van der Waals surface area contributed by atoms with Gasteiger partial charge < -0.3 is 4.90 Å². The summed E-state index contributed by atoms with van der Waals surface area (Å²) in [7, 11) is 0. The molecule has 2 atom stereocenters. The number of rotatable bonds is 3. The molecule has 1 aliphatic carbocycles. The van der Waals surface area contributed by atoms with Gasteiger partial charge in [-0.05, 0) is 37.7 Å². The molecule has 0 aromatic heterocycles. The van der Waals surface area contributed by atoms with Gasteiger partial charge in [0.2, 0.25) is 11.8 Å². The zero-order valence-corrected chi connectivity index (χ0v) is 15.4. The van der Waals surface area contributed by atoms with E-state index in [0.29, 0.717) is 19.6 Å². The second-order valence-corrected chi connectivity index (χ2v) is 8.02. The first kappa shape index (κ1) is 17.5. The van der Waals surface area contributed by atoms with Gasteiger partial charge in [-0.15, -0.1) is 0 Å². The number of hydrogen-bond acceptors (Lipinski definition) is 3. The minimum atomic E-state index is -0.0375. The summed E-state index contributed by atoms with van der Waals surface area (Å²) in [5.74, 6) is 0.343. The minimum absolute atomic E-state index is 0.00938. The largest absolute Gasteiger partial charge is 0.342 e. The molecule has 0 N–H and O–H groups in total. The number of benzene rings is 1. The number of hydrogen-bond donors (Lipinski definition) is 0. The lowest BCUT2D eigenvalue weighted by atomic mass is 9.76. The van der Waals surface area contributed by atoms with E-state index in [1.54, 1.807) is 5.06 Å². The summed E-state index contributed by atoms with van der Waals surface area (Å²) in [6.45, 7) is 2.86. The molecule has 1 saturated carbocycles. The maximum Gasteiger partial charge on any atom is 0.249 e. The molecular weight excluding hydrogens is 328 g/mol. The molecule has 0 bridgehead atoms. The Kier molecular flexibility index (Phi) is 4.98. The summed E-state index contributed by atoms with van der Waals surface area (Å²) in [6, 6.07) is 9.91. The van der Waals surface area contributed by atoms with Crippen LogP contribution in [0.2, 0.25) is 0 Å². The van der Waals surface area contributed by atoms with E-state index >= 15 is 0 Å². The standard InChI is InChI=1S/C21H28N2O3/c24-19(15-17-7-2-1-3-8-17)22-13-11-21(16-22)10-6-9-18(21)20(25)23-12-4-5-14-26-23/h1-3,7-8,18H,4-6,9-16H2/t18-,21-/m1/s1. The SMILES string of the molecule is O=C(Cc1ccccc1)N1CC[C@]2(CCC[C@@H]2C(=O)N2CCCCO2)C1. The van der Waals surface area contributed by atoms with Crippen LogP contribution in [0.15, 0.2) is 30.3 Å². The summed E-state index contributed by atoms with van der Waals surface area (Å²) >= 11 is 0. The maximum atomic E-state index is 13.0. The lowest BCUT2D eigenvalue weighted by Gasteiger charge is -2.35. The van der Waals surface area contributed by atoms with Crippen LogP contribution >= 0.6 is 0 Å². The zero-order chi connectivity index (χ0) is 18.0. The molecule has 0 unspecified atom stereocenters. The van der Waals surface area contributed by atoms with Crippen LogP contribution in [0.4, 0.5) is 0 Å². The Morgan fingerprint density at radius 1 is 1.08 bits per heavy atom. The van der Waals surface area contributed by atoms with Gasteiger partial charge in [0.15, 0.2) is 0 Å². The van der Waals surface area contributed by atoms with Crippen LogP contribution in [-0.2, 0) is 20.8 Å². The average molecular weight is 356 g/mol. The highest BCUT2D eigenvalue weighted by Gasteiger charge is 2.52. The molecule has 5 heteroatoms. The van der Waals surface area contributed by atoms with Crippen LogP contribution in [-0.4, -0.2) is 48.0 Å². The second-order valence-electron chi connectivity index (χ2n) is 8.02. The summed E-state index contributed by atoms with van der Waals surface area (Å²) in [6.07, 6.45) is 6.49. The molecule has 26 heavy (non-hydrogen) atoms. The Morgan fingerprint density at radius 2 is 1.92 bits per heavy atom.